The van der Waals surface area contributed by atoms with Gasteiger partial charge >= 0.3 is 0 Å². The van der Waals surface area contributed by atoms with Crippen molar-refractivity contribution in [2.24, 2.45) is 0 Å². The SMILES string of the molecule is Cc1cc(Cl)c(NS(=O)(=O)c2ccc(Br)cc2N)cc1Cl. The summed E-state index contributed by atoms with van der Waals surface area (Å²) in [6.45, 7) is 1.78. The molecule has 0 spiro atoms. The molecule has 8 heteroatoms. The molecule has 0 fully saturated rings. The van der Waals surface area contributed by atoms with Crippen molar-refractivity contribution >= 4 is 60.5 Å². The maximum absolute atomic E-state index is 12.4. The molecule has 0 saturated carbocycles. The number of halogens is 3. The number of anilines is 2. The van der Waals surface area contributed by atoms with Gasteiger partial charge in [-0.1, -0.05) is 39.1 Å². The Morgan fingerprint density at radius 1 is 1.14 bits per heavy atom. The van der Waals surface area contributed by atoms with Crippen LogP contribution in [-0.4, -0.2) is 8.42 Å². The number of rotatable bonds is 3. The zero-order valence-electron chi connectivity index (χ0n) is 10.8. The second kappa shape index (κ2) is 6.04. The van der Waals surface area contributed by atoms with Crippen molar-refractivity contribution in [3.05, 3.63) is 50.4 Å². The second-order valence-electron chi connectivity index (χ2n) is 4.37. The average molecular weight is 410 g/mol. The maximum Gasteiger partial charge on any atom is 0.263 e. The van der Waals surface area contributed by atoms with Crippen LogP contribution in [0.15, 0.2) is 39.7 Å². The predicted octanol–water partition coefficient (Wildman–Crippen LogP) is 4.45. The van der Waals surface area contributed by atoms with Crippen LogP contribution >= 0.6 is 39.1 Å². The Balaban J connectivity index is 2.45. The average Bonchev–Trinajstić information content (AvgIpc) is 2.35. The molecule has 3 N–H and O–H groups in total. The van der Waals surface area contributed by atoms with Crippen molar-refractivity contribution in [1.82, 2.24) is 0 Å². The van der Waals surface area contributed by atoms with Gasteiger partial charge < -0.3 is 5.73 Å². The van der Waals surface area contributed by atoms with E-state index in [1.54, 1.807) is 19.1 Å². The van der Waals surface area contributed by atoms with Crippen molar-refractivity contribution in [3.63, 3.8) is 0 Å². The predicted molar refractivity (Wildman–Crippen MR) is 90.6 cm³/mol. The smallest absolute Gasteiger partial charge is 0.263 e. The van der Waals surface area contributed by atoms with E-state index < -0.39 is 10.0 Å². The van der Waals surface area contributed by atoms with Crippen LogP contribution < -0.4 is 10.5 Å². The number of nitrogen functional groups attached to an aromatic ring is 1. The van der Waals surface area contributed by atoms with Crippen LogP contribution in [0.5, 0.6) is 0 Å². The fourth-order valence-corrected chi connectivity index (χ4v) is 3.74. The molecule has 0 aromatic heterocycles. The van der Waals surface area contributed by atoms with Gasteiger partial charge in [-0.15, -0.1) is 0 Å². The van der Waals surface area contributed by atoms with Crippen LogP contribution in [0, 0.1) is 6.92 Å². The van der Waals surface area contributed by atoms with Crippen molar-refractivity contribution in [3.8, 4) is 0 Å². The zero-order chi connectivity index (χ0) is 15.8. The van der Waals surface area contributed by atoms with E-state index in [-0.39, 0.29) is 21.3 Å². The Labute approximate surface area is 141 Å². The van der Waals surface area contributed by atoms with E-state index in [1.165, 1.54) is 18.2 Å². The summed E-state index contributed by atoms with van der Waals surface area (Å²) in [5.41, 5.74) is 6.84. The first-order chi connectivity index (χ1) is 9.70. The molecule has 2 aromatic rings. The van der Waals surface area contributed by atoms with Gasteiger partial charge in [-0.25, -0.2) is 8.42 Å². The summed E-state index contributed by atoms with van der Waals surface area (Å²) in [5.74, 6) is 0. The molecule has 0 aliphatic rings. The lowest BCUT2D eigenvalue weighted by molar-refractivity contribution is 0.601. The van der Waals surface area contributed by atoms with Crippen LogP contribution in [0.25, 0.3) is 0 Å². The Kier molecular flexibility index (Phi) is 4.72. The van der Waals surface area contributed by atoms with Crippen molar-refractivity contribution in [2.45, 2.75) is 11.8 Å². The van der Waals surface area contributed by atoms with Crippen molar-refractivity contribution in [2.75, 3.05) is 10.5 Å². The number of sulfonamides is 1. The summed E-state index contributed by atoms with van der Waals surface area (Å²) in [7, 11) is -3.85. The molecule has 0 heterocycles. The maximum atomic E-state index is 12.4. The first-order valence-electron chi connectivity index (χ1n) is 5.74. The van der Waals surface area contributed by atoms with E-state index in [0.29, 0.717) is 9.50 Å². The highest BCUT2D eigenvalue weighted by molar-refractivity contribution is 9.10. The van der Waals surface area contributed by atoms with Crippen molar-refractivity contribution in [1.29, 1.82) is 0 Å². The lowest BCUT2D eigenvalue weighted by Gasteiger charge is -2.12. The normalized spacial score (nSPS) is 11.4. The molecule has 2 rings (SSSR count). The topological polar surface area (TPSA) is 72.2 Å². The molecule has 2 aromatic carbocycles. The van der Waals surface area contributed by atoms with Crippen LogP contribution in [-0.2, 0) is 10.0 Å². The van der Waals surface area contributed by atoms with Gasteiger partial charge in [0.05, 0.1) is 16.4 Å². The highest BCUT2D eigenvalue weighted by atomic mass is 79.9. The molecule has 112 valence electrons. The van der Waals surface area contributed by atoms with Gasteiger partial charge in [0.15, 0.2) is 0 Å². The highest BCUT2D eigenvalue weighted by Crippen LogP contribution is 2.31. The van der Waals surface area contributed by atoms with Crippen LogP contribution in [0.2, 0.25) is 10.0 Å². The summed E-state index contributed by atoms with van der Waals surface area (Å²) in [6.07, 6.45) is 0. The fourth-order valence-electron chi connectivity index (χ4n) is 1.69. The van der Waals surface area contributed by atoms with Gasteiger partial charge in [-0.2, -0.15) is 0 Å². The fraction of sp³-hybridized carbons (Fsp3) is 0.0769. The first-order valence-corrected chi connectivity index (χ1v) is 8.77. The summed E-state index contributed by atoms with van der Waals surface area (Å²) >= 11 is 15.2. The van der Waals surface area contributed by atoms with E-state index in [1.807, 2.05) is 0 Å². The third kappa shape index (κ3) is 3.63. The Morgan fingerprint density at radius 2 is 1.81 bits per heavy atom. The lowest BCUT2D eigenvalue weighted by atomic mass is 10.2. The van der Waals surface area contributed by atoms with Gasteiger partial charge in [0, 0.05) is 9.50 Å². The van der Waals surface area contributed by atoms with E-state index in [4.69, 9.17) is 28.9 Å². The summed E-state index contributed by atoms with van der Waals surface area (Å²) < 4.78 is 27.8. The minimum absolute atomic E-state index is 0.0292. The molecule has 0 bridgehead atoms. The Bertz CT molecular complexity index is 810. The first kappa shape index (κ1) is 16.4. The number of aryl methyl sites for hydroxylation is 1. The molecule has 4 nitrogen and oxygen atoms in total. The zero-order valence-corrected chi connectivity index (χ0v) is 14.7. The molecule has 21 heavy (non-hydrogen) atoms. The van der Waals surface area contributed by atoms with Gasteiger partial charge in [0.25, 0.3) is 10.0 Å². The Morgan fingerprint density at radius 3 is 2.43 bits per heavy atom. The largest absolute Gasteiger partial charge is 0.398 e. The van der Waals surface area contributed by atoms with Gasteiger partial charge in [-0.3, -0.25) is 4.72 Å². The Hall–Kier alpha value is -0.950. The molecular formula is C13H11BrCl2N2O2S. The van der Waals surface area contributed by atoms with E-state index in [9.17, 15) is 8.42 Å². The number of benzene rings is 2. The van der Waals surface area contributed by atoms with Gasteiger partial charge in [-0.05, 0) is 42.8 Å². The minimum Gasteiger partial charge on any atom is -0.398 e. The summed E-state index contributed by atoms with van der Waals surface area (Å²) in [4.78, 5) is -0.0292. The second-order valence-corrected chi connectivity index (χ2v) is 7.75. The lowest BCUT2D eigenvalue weighted by Crippen LogP contribution is -2.15. The van der Waals surface area contributed by atoms with Gasteiger partial charge in [0.1, 0.15) is 4.90 Å². The van der Waals surface area contributed by atoms with Crippen molar-refractivity contribution < 1.29 is 8.42 Å². The number of nitrogens with one attached hydrogen (secondary N) is 1. The molecule has 0 aliphatic heterocycles. The molecular weight excluding hydrogens is 399 g/mol. The summed E-state index contributed by atoms with van der Waals surface area (Å²) in [6, 6.07) is 7.57. The van der Waals surface area contributed by atoms with E-state index >= 15 is 0 Å². The van der Waals surface area contributed by atoms with Crippen LogP contribution in [0.3, 0.4) is 0 Å². The van der Waals surface area contributed by atoms with E-state index in [0.717, 1.165) is 5.56 Å². The highest BCUT2D eigenvalue weighted by Gasteiger charge is 2.19. The van der Waals surface area contributed by atoms with Gasteiger partial charge in [0.2, 0.25) is 0 Å². The number of hydrogen-bond donors (Lipinski definition) is 2. The van der Waals surface area contributed by atoms with E-state index in [2.05, 4.69) is 20.7 Å². The van der Waals surface area contributed by atoms with Crippen LogP contribution in [0.4, 0.5) is 11.4 Å². The number of hydrogen-bond acceptors (Lipinski definition) is 3. The molecule has 0 unspecified atom stereocenters. The summed E-state index contributed by atoms with van der Waals surface area (Å²) in [5, 5.41) is 0.678. The third-order valence-electron chi connectivity index (χ3n) is 2.75. The minimum atomic E-state index is -3.85. The third-order valence-corrected chi connectivity index (χ3v) is 5.41. The monoisotopic (exact) mass is 408 g/mol. The standard InChI is InChI=1S/C13H11BrCl2N2O2S/c1-7-4-10(16)12(6-9(7)15)18-21(19,20)13-3-2-8(14)5-11(13)17/h2-6,18H,17H2,1H3. The molecule has 0 saturated heterocycles. The van der Waals surface area contributed by atoms with Crippen LogP contribution in [0.1, 0.15) is 5.56 Å². The quantitative estimate of drug-likeness (QED) is 0.735. The molecule has 0 atom stereocenters. The molecule has 0 radical (unpaired) electrons. The molecule has 0 aliphatic carbocycles. The molecule has 0 amide bonds. The number of nitrogens with two attached hydrogens (primary N) is 1.